The maximum atomic E-state index is 11.9. The van der Waals surface area contributed by atoms with E-state index in [2.05, 4.69) is 38.7 Å². The summed E-state index contributed by atoms with van der Waals surface area (Å²) in [6.45, 7) is 4.76. The molecule has 1 N–H and O–H groups in total. The van der Waals surface area contributed by atoms with E-state index >= 15 is 0 Å². The Bertz CT molecular complexity index is 902. The van der Waals surface area contributed by atoms with Gasteiger partial charge in [-0.1, -0.05) is 6.07 Å². The van der Waals surface area contributed by atoms with Crippen LogP contribution in [-0.4, -0.2) is 68.2 Å². The number of carbonyl (C=O) groups excluding carboxylic acids is 1. The molecule has 5 nitrogen and oxygen atoms in total. The van der Waals surface area contributed by atoms with Gasteiger partial charge in [0.15, 0.2) is 0 Å². The second-order valence-corrected chi connectivity index (χ2v) is 10.5. The first-order valence-electron chi connectivity index (χ1n) is 11.5. The van der Waals surface area contributed by atoms with Gasteiger partial charge >= 0.3 is 6.03 Å². The van der Waals surface area contributed by atoms with E-state index in [1.807, 2.05) is 25.4 Å². The van der Waals surface area contributed by atoms with Gasteiger partial charge in [-0.05, 0) is 74.1 Å². The Kier molecular flexibility index (Phi) is 5.63. The van der Waals surface area contributed by atoms with Crippen molar-refractivity contribution in [3.8, 4) is 0 Å². The van der Waals surface area contributed by atoms with Crippen LogP contribution in [0.2, 0.25) is 0 Å². The standard InChI is InChI=1S/C24H34N4OS/c1-26(2)24(29)25-19-8-6-17(7-9-19)10-11-27-12-13-28-20(15-27)14-18-16-30-22-5-3-4-21(28)23(18)22/h3-5,16-17,19-20H,6-15H2,1-2H3,(H,25,29)/t17?,19?,20-/m0/s1. The van der Waals surface area contributed by atoms with Gasteiger partial charge in [0.2, 0.25) is 0 Å². The quantitative estimate of drug-likeness (QED) is 0.798. The van der Waals surface area contributed by atoms with Gasteiger partial charge in [-0.25, -0.2) is 4.79 Å². The number of nitrogens with one attached hydrogen (secondary N) is 1. The van der Waals surface area contributed by atoms with Crippen LogP contribution in [0.25, 0.3) is 10.1 Å². The summed E-state index contributed by atoms with van der Waals surface area (Å²) in [5.41, 5.74) is 3.03. The van der Waals surface area contributed by atoms with E-state index in [1.165, 1.54) is 61.1 Å². The highest BCUT2D eigenvalue weighted by Crippen LogP contribution is 2.41. The molecule has 1 aromatic carbocycles. The van der Waals surface area contributed by atoms with Crippen LogP contribution in [0.4, 0.5) is 10.5 Å². The lowest BCUT2D eigenvalue weighted by Crippen LogP contribution is -2.55. The highest BCUT2D eigenvalue weighted by atomic mass is 32.1. The third-order valence-electron chi connectivity index (χ3n) is 7.42. The van der Waals surface area contributed by atoms with Crippen LogP contribution in [0, 0.1) is 5.92 Å². The summed E-state index contributed by atoms with van der Waals surface area (Å²) in [6, 6.07) is 7.86. The molecule has 2 fully saturated rings. The number of fused-ring (bicyclic) bond motifs is 2. The number of benzene rings is 1. The summed E-state index contributed by atoms with van der Waals surface area (Å²) in [5, 5.41) is 7.07. The van der Waals surface area contributed by atoms with E-state index in [1.54, 1.807) is 10.5 Å². The molecule has 3 aliphatic rings. The summed E-state index contributed by atoms with van der Waals surface area (Å²) >= 11 is 1.90. The van der Waals surface area contributed by atoms with Crippen molar-refractivity contribution in [2.45, 2.75) is 50.6 Å². The third-order valence-corrected chi connectivity index (χ3v) is 8.42. The van der Waals surface area contributed by atoms with E-state index in [4.69, 9.17) is 0 Å². The van der Waals surface area contributed by atoms with Gasteiger partial charge in [0.1, 0.15) is 0 Å². The molecule has 0 unspecified atom stereocenters. The van der Waals surface area contributed by atoms with Crippen molar-refractivity contribution in [1.82, 2.24) is 15.1 Å². The number of carbonyl (C=O) groups is 1. The zero-order valence-corrected chi connectivity index (χ0v) is 19.1. The number of anilines is 1. The molecule has 2 aliphatic heterocycles. The fourth-order valence-electron chi connectivity index (χ4n) is 5.66. The molecule has 0 bridgehead atoms. The molecular weight excluding hydrogens is 392 g/mol. The second-order valence-electron chi connectivity index (χ2n) is 9.61. The maximum absolute atomic E-state index is 11.9. The first kappa shape index (κ1) is 20.1. The topological polar surface area (TPSA) is 38.8 Å². The number of thiophene rings is 1. The molecule has 2 amide bonds. The number of hydrogen-bond acceptors (Lipinski definition) is 4. The fourth-order valence-corrected chi connectivity index (χ4v) is 6.65. The van der Waals surface area contributed by atoms with Gasteiger partial charge in [-0.3, -0.25) is 4.90 Å². The average Bonchev–Trinajstić information content (AvgIpc) is 3.17. The van der Waals surface area contributed by atoms with Crippen LogP contribution in [0.3, 0.4) is 0 Å². The van der Waals surface area contributed by atoms with Crippen molar-refractivity contribution in [3.05, 3.63) is 29.1 Å². The molecular formula is C24H34N4OS. The molecule has 1 saturated carbocycles. The highest BCUT2D eigenvalue weighted by molar-refractivity contribution is 7.17. The first-order chi connectivity index (χ1) is 14.6. The number of urea groups is 1. The molecule has 6 heteroatoms. The molecule has 1 aromatic heterocycles. The van der Waals surface area contributed by atoms with Crippen LogP contribution in [0.5, 0.6) is 0 Å². The van der Waals surface area contributed by atoms with Crippen LogP contribution >= 0.6 is 11.3 Å². The van der Waals surface area contributed by atoms with E-state index in [-0.39, 0.29) is 6.03 Å². The predicted molar refractivity (Wildman–Crippen MR) is 126 cm³/mol. The molecule has 30 heavy (non-hydrogen) atoms. The minimum atomic E-state index is 0.0493. The Morgan fingerprint density at radius 3 is 2.83 bits per heavy atom. The lowest BCUT2D eigenvalue weighted by Gasteiger charge is -2.45. The van der Waals surface area contributed by atoms with Crippen molar-refractivity contribution >= 4 is 33.1 Å². The minimum absolute atomic E-state index is 0.0493. The zero-order valence-electron chi connectivity index (χ0n) is 18.3. The van der Waals surface area contributed by atoms with Crippen molar-refractivity contribution in [2.24, 2.45) is 5.92 Å². The number of rotatable bonds is 4. The Morgan fingerprint density at radius 1 is 1.20 bits per heavy atom. The normalized spacial score (nSPS) is 26.5. The van der Waals surface area contributed by atoms with Gasteiger partial charge in [-0.15, -0.1) is 11.3 Å². The third kappa shape index (κ3) is 3.92. The van der Waals surface area contributed by atoms with Crippen LogP contribution in [0.1, 0.15) is 37.7 Å². The molecule has 3 heterocycles. The van der Waals surface area contributed by atoms with Crippen molar-refractivity contribution in [2.75, 3.05) is 45.2 Å². The molecule has 2 aromatic rings. The first-order valence-corrected chi connectivity index (χ1v) is 12.4. The van der Waals surface area contributed by atoms with E-state index in [0.717, 1.165) is 25.3 Å². The van der Waals surface area contributed by atoms with E-state index < -0.39 is 0 Å². The second kappa shape index (κ2) is 8.39. The van der Waals surface area contributed by atoms with Gasteiger partial charge in [0, 0.05) is 61.6 Å². The van der Waals surface area contributed by atoms with Crippen LogP contribution in [-0.2, 0) is 6.42 Å². The van der Waals surface area contributed by atoms with Crippen LogP contribution in [0.15, 0.2) is 23.6 Å². The monoisotopic (exact) mass is 426 g/mol. The van der Waals surface area contributed by atoms with Crippen molar-refractivity contribution in [1.29, 1.82) is 0 Å². The smallest absolute Gasteiger partial charge is 0.317 e. The highest BCUT2D eigenvalue weighted by Gasteiger charge is 2.33. The molecule has 0 radical (unpaired) electrons. The number of piperazine rings is 1. The fraction of sp³-hybridized carbons (Fsp3) is 0.625. The Morgan fingerprint density at radius 2 is 2.03 bits per heavy atom. The Balaban J connectivity index is 1.11. The van der Waals surface area contributed by atoms with Gasteiger partial charge in [0.25, 0.3) is 0 Å². The minimum Gasteiger partial charge on any atom is -0.365 e. The molecule has 1 aliphatic carbocycles. The van der Waals surface area contributed by atoms with Crippen molar-refractivity contribution < 1.29 is 4.79 Å². The molecule has 162 valence electrons. The summed E-state index contributed by atoms with van der Waals surface area (Å²) in [7, 11) is 3.62. The summed E-state index contributed by atoms with van der Waals surface area (Å²) < 4.78 is 1.45. The van der Waals surface area contributed by atoms with E-state index in [0.29, 0.717) is 12.1 Å². The molecule has 5 rings (SSSR count). The molecule has 0 spiro atoms. The zero-order chi connectivity index (χ0) is 20.7. The van der Waals surface area contributed by atoms with Crippen LogP contribution < -0.4 is 10.2 Å². The molecule has 1 atom stereocenters. The molecule has 1 saturated heterocycles. The average molecular weight is 427 g/mol. The summed E-state index contributed by atoms with van der Waals surface area (Å²) in [6.07, 6.45) is 7.27. The lowest BCUT2D eigenvalue weighted by atomic mass is 9.84. The maximum Gasteiger partial charge on any atom is 0.317 e. The van der Waals surface area contributed by atoms with Crippen molar-refractivity contribution in [3.63, 3.8) is 0 Å². The van der Waals surface area contributed by atoms with Gasteiger partial charge in [-0.2, -0.15) is 0 Å². The predicted octanol–water partition coefficient (Wildman–Crippen LogP) is 4.17. The largest absolute Gasteiger partial charge is 0.365 e. The van der Waals surface area contributed by atoms with E-state index in [9.17, 15) is 4.79 Å². The Hall–Kier alpha value is -1.79. The van der Waals surface area contributed by atoms with Gasteiger partial charge < -0.3 is 15.1 Å². The lowest BCUT2D eigenvalue weighted by molar-refractivity contribution is 0.184. The summed E-state index contributed by atoms with van der Waals surface area (Å²) in [4.78, 5) is 18.9. The van der Waals surface area contributed by atoms with Gasteiger partial charge in [0.05, 0.1) is 0 Å². The summed E-state index contributed by atoms with van der Waals surface area (Å²) in [5.74, 6) is 0.819. The number of nitrogens with zero attached hydrogens (tertiary/aromatic N) is 3. The number of amides is 2. The number of hydrogen-bond donors (Lipinski definition) is 1. The SMILES string of the molecule is CN(C)C(=O)NC1CCC(CCN2CCN3c4cccc5scc(c45)C[C@H]3C2)CC1. The Labute approximate surface area is 184 Å².